The maximum Gasteiger partial charge on any atom is -0.147 e. The van der Waals surface area contributed by atoms with Crippen molar-refractivity contribution in [3.05, 3.63) is 80.9 Å². The molecular weight excluding hydrogens is 478 g/mol. The molecule has 0 saturated carbocycles. The van der Waals surface area contributed by atoms with E-state index in [1.807, 2.05) is 0 Å². The number of halogens is 2. The van der Waals surface area contributed by atoms with Crippen molar-refractivity contribution in [1.29, 1.82) is 0 Å². The number of rotatable bonds is 2. The second-order valence-corrected chi connectivity index (χ2v) is 40.4. The molecule has 0 fully saturated rings. The maximum atomic E-state index is 2.69. The minimum Gasteiger partial charge on any atom is -0.147 e. The number of benzene rings is 2. The van der Waals surface area contributed by atoms with Crippen molar-refractivity contribution in [2.24, 2.45) is 0 Å². The summed E-state index contributed by atoms with van der Waals surface area (Å²) >= 11 is -3.17. The molecule has 0 nitrogen and oxygen atoms in total. The molecule has 2 aromatic carbocycles. The molecule has 0 aromatic heterocycles. The van der Waals surface area contributed by atoms with E-state index >= 15 is 0 Å². The van der Waals surface area contributed by atoms with Crippen molar-refractivity contribution >= 4 is 43.8 Å². The zero-order chi connectivity index (χ0) is 18.9. The molecule has 150 valence electrons. The topological polar surface area (TPSA) is 0 Å². The average Bonchev–Trinajstić information content (AvgIpc) is 3.20. The van der Waals surface area contributed by atoms with E-state index in [9.17, 15) is 0 Å². The first kappa shape index (κ1) is 23.9. The molecule has 0 heterocycles. The van der Waals surface area contributed by atoms with Crippen molar-refractivity contribution in [2.75, 3.05) is 0 Å². The quantitative estimate of drug-likeness (QED) is 0.384. The molecule has 4 heteroatoms. The number of allylic oxidation sites excluding steroid dienone is 2. The van der Waals surface area contributed by atoms with Crippen LogP contribution >= 0.6 is 24.8 Å². The molecular formula is C24H32Cl2SiZr. The van der Waals surface area contributed by atoms with Crippen LogP contribution < -0.4 is 0 Å². The van der Waals surface area contributed by atoms with E-state index in [1.54, 1.807) is 11.1 Å². The van der Waals surface area contributed by atoms with Gasteiger partial charge in [0.25, 0.3) is 0 Å². The van der Waals surface area contributed by atoms with Gasteiger partial charge in [-0.1, -0.05) is 0 Å². The van der Waals surface area contributed by atoms with Gasteiger partial charge in [0.2, 0.25) is 0 Å². The Kier molecular flexibility index (Phi) is 6.56. The number of hydrogen-bond acceptors (Lipinski definition) is 0. The zero-order valence-electron chi connectivity index (χ0n) is 17.8. The zero-order valence-corrected chi connectivity index (χ0v) is 23.3. The Morgan fingerprint density at radius 3 is 1.32 bits per heavy atom. The van der Waals surface area contributed by atoms with Crippen LogP contribution in [0, 0.1) is 27.7 Å². The Bertz CT molecular complexity index is 993. The van der Waals surface area contributed by atoms with Gasteiger partial charge < -0.3 is 0 Å². The second kappa shape index (κ2) is 7.69. The summed E-state index contributed by atoms with van der Waals surface area (Å²) in [5.41, 5.74) is 12.0. The van der Waals surface area contributed by atoms with Crippen LogP contribution in [-0.2, 0) is 17.4 Å². The Hall–Kier alpha value is -0.400. The van der Waals surface area contributed by atoms with Crippen LogP contribution in [-0.4, -0.2) is 6.88 Å². The molecule has 2 aromatic rings. The van der Waals surface area contributed by atoms with E-state index in [0.717, 1.165) is 0 Å². The van der Waals surface area contributed by atoms with Crippen molar-refractivity contribution in [3.8, 4) is 0 Å². The molecule has 0 amide bonds. The fraction of sp³-hybridized carbons (Fsp3) is 0.333. The van der Waals surface area contributed by atoms with Crippen LogP contribution in [0.2, 0.25) is 9.26 Å². The van der Waals surface area contributed by atoms with Gasteiger partial charge in [0.05, 0.1) is 0 Å². The molecule has 28 heavy (non-hydrogen) atoms. The van der Waals surface area contributed by atoms with E-state index in [-0.39, 0.29) is 24.8 Å². The Morgan fingerprint density at radius 1 is 0.643 bits per heavy atom. The molecule has 0 spiro atoms. The molecule has 2 aliphatic carbocycles. The molecule has 4 rings (SSSR count). The summed E-state index contributed by atoms with van der Waals surface area (Å²) in [5, 5.41) is 0. The van der Waals surface area contributed by atoms with Gasteiger partial charge in [-0.3, -0.25) is 0 Å². The average molecular weight is 511 g/mol. The molecule has 0 N–H and O–H groups in total. The van der Waals surface area contributed by atoms with Crippen LogP contribution in [0.5, 0.6) is 0 Å². The van der Waals surface area contributed by atoms with Gasteiger partial charge in [0.1, 0.15) is 0 Å². The SMILES string of the molecule is Cc1ccc(C)c2c1C=C[CH]2[Zr]([CH3])([CH3])(=[SiH2])[CH]1C=Cc2c(C)ccc(C)c21.Cl.Cl. The predicted octanol–water partition coefficient (Wildman–Crippen LogP) is 6.93. The fourth-order valence-electron chi connectivity index (χ4n) is 5.33. The van der Waals surface area contributed by atoms with E-state index in [0.29, 0.717) is 7.25 Å². The van der Waals surface area contributed by atoms with Crippen LogP contribution in [0.3, 0.4) is 0 Å². The Labute approximate surface area is 185 Å². The summed E-state index contributed by atoms with van der Waals surface area (Å²) in [5.74, 6) is 0. The number of fused-ring (bicyclic) bond motifs is 2. The fourth-order valence-corrected chi connectivity index (χ4v) is 20.4. The minimum absolute atomic E-state index is 0. The monoisotopic (exact) mass is 508 g/mol. The van der Waals surface area contributed by atoms with Gasteiger partial charge >= 0.3 is 162 Å². The van der Waals surface area contributed by atoms with Crippen molar-refractivity contribution in [2.45, 2.75) is 44.2 Å². The molecule has 2 atom stereocenters. The van der Waals surface area contributed by atoms with Crippen LogP contribution in [0.4, 0.5) is 0 Å². The van der Waals surface area contributed by atoms with Crippen molar-refractivity contribution in [1.82, 2.24) is 0 Å². The van der Waals surface area contributed by atoms with Crippen LogP contribution in [0.15, 0.2) is 36.4 Å². The predicted molar refractivity (Wildman–Crippen MR) is 130 cm³/mol. The van der Waals surface area contributed by atoms with Gasteiger partial charge in [-0.2, -0.15) is 0 Å². The molecule has 2 unspecified atom stereocenters. The normalized spacial score (nSPS) is 19.7. The first-order valence-corrected chi connectivity index (χ1v) is 23.4. The van der Waals surface area contributed by atoms with E-state index in [2.05, 4.69) is 92.4 Å². The molecule has 0 radical (unpaired) electrons. The first-order valence-electron chi connectivity index (χ1n) is 9.74. The Balaban J connectivity index is 0.00000140. The summed E-state index contributed by atoms with van der Waals surface area (Å²) in [6.45, 7) is 11.5. The summed E-state index contributed by atoms with van der Waals surface area (Å²) in [7, 11) is 0. The molecule has 0 bridgehead atoms. The van der Waals surface area contributed by atoms with Gasteiger partial charge in [-0.15, -0.1) is 24.8 Å². The Morgan fingerprint density at radius 2 is 0.964 bits per heavy atom. The van der Waals surface area contributed by atoms with Gasteiger partial charge in [0.15, 0.2) is 0 Å². The number of hydrogen-bond donors (Lipinski definition) is 0. The van der Waals surface area contributed by atoms with Gasteiger partial charge in [-0.05, 0) is 0 Å². The molecule has 0 saturated heterocycles. The molecule has 0 aliphatic heterocycles. The van der Waals surface area contributed by atoms with E-state index in [1.165, 1.54) is 33.4 Å². The van der Waals surface area contributed by atoms with Crippen molar-refractivity contribution in [3.63, 3.8) is 0 Å². The van der Waals surface area contributed by atoms with Crippen LogP contribution in [0.25, 0.3) is 12.2 Å². The summed E-state index contributed by atoms with van der Waals surface area (Å²) in [6.07, 6.45) is 9.94. The minimum atomic E-state index is -3.17. The standard InChI is InChI=1S/2C11H11.2CH3.2ClH.H2Si.Zr/c2*1-8-6-7-9(2)11-5-3-4-10(8)11;;;;;;/h2*3-7H,1-2H3;2*1H3;2*1H;1H2;. The largest absolute Gasteiger partial charge is 0.147 e. The van der Waals surface area contributed by atoms with E-state index in [4.69, 9.17) is 0 Å². The van der Waals surface area contributed by atoms with Crippen molar-refractivity contribution < 1.29 is 17.4 Å². The third kappa shape index (κ3) is 3.39. The summed E-state index contributed by atoms with van der Waals surface area (Å²) < 4.78 is 6.64. The summed E-state index contributed by atoms with van der Waals surface area (Å²) in [4.78, 5) is 0. The van der Waals surface area contributed by atoms with Gasteiger partial charge in [0, 0.05) is 0 Å². The molecule has 2 aliphatic rings. The third-order valence-electron chi connectivity index (χ3n) is 7.02. The first-order chi connectivity index (χ1) is 12.1. The summed E-state index contributed by atoms with van der Waals surface area (Å²) in [6, 6.07) is 9.23. The number of aryl methyl sites for hydroxylation is 4. The maximum absolute atomic E-state index is 3.17. The smallest absolute Gasteiger partial charge is 0.147 e. The van der Waals surface area contributed by atoms with Gasteiger partial charge in [-0.25, -0.2) is 0 Å². The van der Waals surface area contributed by atoms with Crippen LogP contribution in [0.1, 0.15) is 51.8 Å². The second-order valence-electron chi connectivity index (χ2n) is 9.66. The third-order valence-corrected chi connectivity index (χ3v) is 24.6. The van der Waals surface area contributed by atoms with E-state index < -0.39 is 17.4 Å².